The molecule has 0 N–H and O–H groups in total. The second-order valence-corrected chi connectivity index (χ2v) is 8.26. The van der Waals surface area contributed by atoms with Gasteiger partial charge in [0.1, 0.15) is 5.76 Å². The number of amides is 3. The molecule has 2 aliphatic heterocycles. The van der Waals surface area contributed by atoms with Gasteiger partial charge >= 0.3 is 0 Å². The molecule has 4 heterocycles. The number of nitrogens with zero attached hydrogens (tertiary/aromatic N) is 2. The van der Waals surface area contributed by atoms with Gasteiger partial charge in [-0.05, 0) is 60.7 Å². The van der Waals surface area contributed by atoms with Gasteiger partial charge in [0.05, 0.1) is 30.0 Å². The molecule has 2 aliphatic rings. The number of hydrogen-bond donors (Lipinski definition) is 0. The molecule has 29 heavy (non-hydrogen) atoms. The van der Waals surface area contributed by atoms with Crippen molar-refractivity contribution in [3.63, 3.8) is 0 Å². The molecule has 5 rings (SSSR count). The molecule has 0 radical (unpaired) electrons. The van der Waals surface area contributed by atoms with Gasteiger partial charge in [-0.2, -0.15) is 0 Å². The zero-order valence-electron chi connectivity index (χ0n) is 15.8. The minimum absolute atomic E-state index is 0.0152. The number of fused-ring (bicyclic) bond motifs is 2. The zero-order chi connectivity index (χ0) is 20.1. The lowest BCUT2D eigenvalue weighted by Gasteiger charge is -2.33. The van der Waals surface area contributed by atoms with Gasteiger partial charge in [-0.3, -0.25) is 19.3 Å². The lowest BCUT2D eigenvalue weighted by atomic mass is 9.99. The van der Waals surface area contributed by atoms with Gasteiger partial charge in [0.2, 0.25) is 0 Å². The molecule has 146 valence electrons. The van der Waals surface area contributed by atoms with Gasteiger partial charge in [-0.15, -0.1) is 11.3 Å². The maximum atomic E-state index is 13.2. The van der Waals surface area contributed by atoms with Crippen molar-refractivity contribution in [2.24, 2.45) is 0 Å². The molecular weight excluding hydrogens is 388 g/mol. The summed E-state index contributed by atoms with van der Waals surface area (Å²) in [4.78, 5) is 42.9. The molecule has 0 saturated heterocycles. The van der Waals surface area contributed by atoms with E-state index in [1.807, 2.05) is 11.8 Å². The summed E-state index contributed by atoms with van der Waals surface area (Å²) in [7, 11) is 0. The molecule has 6 nitrogen and oxygen atoms in total. The largest absolute Gasteiger partial charge is 0.467 e. The summed E-state index contributed by atoms with van der Waals surface area (Å²) in [6.45, 7) is 2.74. The topological polar surface area (TPSA) is 70.8 Å². The van der Waals surface area contributed by atoms with Crippen molar-refractivity contribution >= 4 is 29.1 Å². The van der Waals surface area contributed by atoms with Crippen molar-refractivity contribution in [2.45, 2.75) is 25.9 Å². The predicted molar refractivity (Wildman–Crippen MR) is 107 cm³/mol. The Kier molecular flexibility index (Phi) is 4.13. The molecule has 1 aromatic carbocycles. The van der Waals surface area contributed by atoms with Crippen molar-refractivity contribution in [3.8, 4) is 0 Å². The first-order valence-electron chi connectivity index (χ1n) is 9.44. The molecular formula is C22H18N2O4S. The van der Waals surface area contributed by atoms with E-state index < -0.39 is 5.91 Å². The molecule has 0 spiro atoms. The van der Waals surface area contributed by atoms with Crippen LogP contribution in [0, 0.1) is 0 Å². The average Bonchev–Trinajstić information content (AvgIpc) is 3.46. The van der Waals surface area contributed by atoms with Crippen molar-refractivity contribution in [1.29, 1.82) is 0 Å². The third-order valence-electron chi connectivity index (χ3n) is 5.65. The van der Waals surface area contributed by atoms with Gasteiger partial charge in [-0.25, -0.2) is 0 Å². The SMILES string of the molecule is C[C@H]1c2ccsc2CCN1C(=O)c1ccc2c(c1)C(=O)N(Cc1ccco1)C2=O. The average molecular weight is 406 g/mol. The number of rotatable bonds is 3. The van der Waals surface area contributed by atoms with Crippen LogP contribution in [0.3, 0.4) is 0 Å². The van der Waals surface area contributed by atoms with Gasteiger partial charge in [0.15, 0.2) is 0 Å². The lowest BCUT2D eigenvalue weighted by molar-refractivity contribution is 0.0630. The summed E-state index contributed by atoms with van der Waals surface area (Å²) in [6, 6.07) is 10.3. The van der Waals surface area contributed by atoms with Gasteiger partial charge in [0.25, 0.3) is 17.7 Å². The van der Waals surface area contributed by atoms with E-state index >= 15 is 0 Å². The van der Waals surface area contributed by atoms with Crippen LogP contribution in [0.15, 0.2) is 52.5 Å². The Hall–Kier alpha value is -3.19. The predicted octanol–water partition coefficient (Wildman–Crippen LogP) is 3.90. The Labute approximate surface area is 171 Å². The molecule has 3 amide bonds. The Morgan fingerprint density at radius 3 is 2.79 bits per heavy atom. The second-order valence-electron chi connectivity index (χ2n) is 7.26. The Balaban J connectivity index is 1.42. The number of imide groups is 1. The minimum atomic E-state index is -0.400. The fourth-order valence-electron chi connectivity index (χ4n) is 4.08. The first kappa shape index (κ1) is 17.9. The van der Waals surface area contributed by atoms with Crippen molar-refractivity contribution < 1.29 is 18.8 Å². The van der Waals surface area contributed by atoms with E-state index in [0.29, 0.717) is 23.4 Å². The number of carbonyl (C=O) groups is 3. The molecule has 0 aliphatic carbocycles. The molecule has 0 bridgehead atoms. The van der Waals surface area contributed by atoms with Crippen molar-refractivity contribution in [2.75, 3.05) is 6.54 Å². The van der Waals surface area contributed by atoms with Crippen LogP contribution in [0.2, 0.25) is 0 Å². The number of carbonyl (C=O) groups excluding carboxylic acids is 3. The smallest absolute Gasteiger partial charge is 0.261 e. The fraction of sp³-hybridized carbons (Fsp3) is 0.227. The highest BCUT2D eigenvalue weighted by Crippen LogP contribution is 2.34. The van der Waals surface area contributed by atoms with E-state index in [2.05, 4.69) is 11.4 Å². The van der Waals surface area contributed by atoms with E-state index in [4.69, 9.17) is 4.42 Å². The summed E-state index contributed by atoms with van der Waals surface area (Å²) in [5.41, 5.74) is 2.21. The number of benzene rings is 1. The van der Waals surface area contributed by atoms with Crippen LogP contribution in [0.5, 0.6) is 0 Å². The lowest BCUT2D eigenvalue weighted by Crippen LogP contribution is -2.38. The van der Waals surface area contributed by atoms with Gasteiger partial charge in [0, 0.05) is 17.0 Å². The highest BCUT2D eigenvalue weighted by molar-refractivity contribution is 7.10. The quantitative estimate of drug-likeness (QED) is 0.619. The molecule has 0 saturated carbocycles. The van der Waals surface area contributed by atoms with Crippen molar-refractivity contribution in [1.82, 2.24) is 9.80 Å². The maximum absolute atomic E-state index is 13.2. The standard InChI is InChI=1S/C22H18N2O4S/c1-13-16-7-10-29-19(16)6-8-23(13)20(25)14-4-5-17-18(11-14)22(27)24(21(17)26)12-15-3-2-9-28-15/h2-5,7,9-11,13H,6,8,12H2,1H3/t13-/m0/s1. The van der Waals surface area contributed by atoms with E-state index in [1.165, 1.54) is 16.7 Å². The third kappa shape index (κ3) is 2.81. The van der Waals surface area contributed by atoms with Crippen LogP contribution in [0.25, 0.3) is 0 Å². The minimum Gasteiger partial charge on any atom is -0.467 e. The molecule has 3 aromatic rings. The first-order chi connectivity index (χ1) is 14.0. The normalized spacial score (nSPS) is 18.2. The van der Waals surface area contributed by atoms with Gasteiger partial charge in [-0.1, -0.05) is 0 Å². The second kappa shape index (κ2) is 6.70. The number of hydrogen-bond acceptors (Lipinski definition) is 5. The van der Waals surface area contributed by atoms with E-state index in [0.717, 1.165) is 11.3 Å². The molecule has 1 atom stereocenters. The highest BCUT2D eigenvalue weighted by atomic mass is 32.1. The Morgan fingerprint density at radius 1 is 1.17 bits per heavy atom. The maximum Gasteiger partial charge on any atom is 0.261 e. The van der Waals surface area contributed by atoms with Crippen LogP contribution in [-0.2, 0) is 13.0 Å². The van der Waals surface area contributed by atoms with E-state index in [-0.39, 0.29) is 30.0 Å². The van der Waals surface area contributed by atoms with Crippen LogP contribution in [0.4, 0.5) is 0 Å². The summed E-state index contributed by atoms with van der Waals surface area (Å²) in [6.07, 6.45) is 2.34. The van der Waals surface area contributed by atoms with Crippen molar-refractivity contribution in [3.05, 3.63) is 80.9 Å². The summed E-state index contributed by atoms with van der Waals surface area (Å²) in [5.74, 6) is -0.357. The Morgan fingerprint density at radius 2 is 2.00 bits per heavy atom. The third-order valence-corrected chi connectivity index (χ3v) is 6.65. The summed E-state index contributed by atoms with van der Waals surface area (Å²) >= 11 is 1.72. The molecule has 7 heteroatoms. The first-order valence-corrected chi connectivity index (χ1v) is 10.3. The zero-order valence-corrected chi connectivity index (χ0v) is 16.6. The summed E-state index contributed by atoms with van der Waals surface area (Å²) < 4.78 is 5.26. The molecule has 0 unspecified atom stereocenters. The van der Waals surface area contributed by atoms with E-state index in [9.17, 15) is 14.4 Å². The van der Waals surface area contributed by atoms with E-state index in [1.54, 1.807) is 41.7 Å². The van der Waals surface area contributed by atoms with Crippen LogP contribution in [-0.4, -0.2) is 34.1 Å². The van der Waals surface area contributed by atoms with Crippen LogP contribution < -0.4 is 0 Å². The fourth-order valence-corrected chi connectivity index (χ4v) is 5.04. The monoisotopic (exact) mass is 406 g/mol. The highest BCUT2D eigenvalue weighted by Gasteiger charge is 2.37. The van der Waals surface area contributed by atoms with Gasteiger partial charge < -0.3 is 9.32 Å². The molecule has 0 fully saturated rings. The number of furan rings is 1. The molecule has 2 aromatic heterocycles. The summed E-state index contributed by atoms with van der Waals surface area (Å²) in [5, 5.41) is 2.06. The van der Waals surface area contributed by atoms with Crippen LogP contribution >= 0.6 is 11.3 Å². The Bertz CT molecular complexity index is 1130. The van der Waals surface area contributed by atoms with Crippen LogP contribution in [0.1, 0.15) is 60.2 Å². The number of thiophene rings is 1.